The number of anilines is 2. The van der Waals surface area contributed by atoms with Gasteiger partial charge in [0.1, 0.15) is 0 Å². The zero-order valence-electron chi connectivity index (χ0n) is 11.0. The number of hydrogen-bond acceptors (Lipinski definition) is 3. The molecule has 100 valence electrons. The van der Waals surface area contributed by atoms with Crippen LogP contribution in [0.1, 0.15) is 15.9 Å². The van der Waals surface area contributed by atoms with E-state index in [-0.39, 0.29) is 5.91 Å². The zero-order chi connectivity index (χ0) is 14.1. The molecule has 0 saturated heterocycles. The molecule has 1 heterocycles. The van der Waals surface area contributed by atoms with Gasteiger partial charge in [0.05, 0.1) is 16.9 Å². The molecule has 0 saturated carbocycles. The minimum atomic E-state index is -0.127. The smallest absolute Gasteiger partial charge is 0.257 e. The SMILES string of the molecule is Cc1ccc(NC(=O)c2csc3ccccc23)c(N)c1. The summed E-state index contributed by atoms with van der Waals surface area (Å²) in [7, 11) is 0. The Balaban J connectivity index is 1.93. The van der Waals surface area contributed by atoms with Gasteiger partial charge in [-0.05, 0) is 30.7 Å². The van der Waals surface area contributed by atoms with Gasteiger partial charge in [0, 0.05) is 15.5 Å². The summed E-state index contributed by atoms with van der Waals surface area (Å²) in [6, 6.07) is 13.5. The third-order valence-corrected chi connectivity index (χ3v) is 4.14. The minimum Gasteiger partial charge on any atom is -0.397 e. The second kappa shape index (κ2) is 4.98. The molecule has 0 aliphatic carbocycles. The molecule has 1 amide bonds. The third kappa shape index (κ3) is 2.26. The van der Waals surface area contributed by atoms with E-state index < -0.39 is 0 Å². The van der Waals surface area contributed by atoms with Crippen molar-refractivity contribution in [1.82, 2.24) is 0 Å². The fourth-order valence-corrected chi connectivity index (χ4v) is 3.08. The Hall–Kier alpha value is -2.33. The third-order valence-electron chi connectivity index (χ3n) is 3.18. The van der Waals surface area contributed by atoms with E-state index in [1.807, 2.05) is 54.8 Å². The van der Waals surface area contributed by atoms with Gasteiger partial charge in [0.2, 0.25) is 0 Å². The van der Waals surface area contributed by atoms with Crippen molar-refractivity contribution in [2.45, 2.75) is 6.92 Å². The highest BCUT2D eigenvalue weighted by Crippen LogP contribution is 2.27. The zero-order valence-corrected chi connectivity index (χ0v) is 11.8. The van der Waals surface area contributed by atoms with E-state index in [4.69, 9.17) is 5.73 Å². The summed E-state index contributed by atoms with van der Waals surface area (Å²) in [6.07, 6.45) is 0. The topological polar surface area (TPSA) is 55.1 Å². The van der Waals surface area contributed by atoms with Gasteiger partial charge in [-0.25, -0.2) is 0 Å². The van der Waals surface area contributed by atoms with Crippen molar-refractivity contribution in [2.75, 3.05) is 11.1 Å². The number of nitrogens with two attached hydrogens (primary N) is 1. The van der Waals surface area contributed by atoms with Crippen LogP contribution in [0.3, 0.4) is 0 Å². The summed E-state index contributed by atoms with van der Waals surface area (Å²) >= 11 is 1.57. The largest absolute Gasteiger partial charge is 0.397 e. The summed E-state index contributed by atoms with van der Waals surface area (Å²) in [5.74, 6) is -0.127. The van der Waals surface area contributed by atoms with Crippen LogP contribution in [-0.2, 0) is 0 Å². The number of thiophene rings is 1. The maximum atomic E-state index is 12.4. The van der Waals surface area contributed by atoms with E-state index in [0.717, 1.165) is 15.6 Å². The van der Waals surface area contributed by atoms with Gasteiger partial charge >= 0.3 is 0 Å². The van der Waals surface area contributed by atoms with Crippen molar-refractivity contribution < 1.29 is 4.79 Å². The molecule has 3 nitrogen and oxygen atoms in total. The molecule has 20 heavy (non-hydrogen) atoms. The first-order valence-corrected chi connectivity index (χ1v) is 7.17. The molecule has 0 bridgehead atoms. The van der Waals surface area contributed by atoms with E-state index in [1.54, 1.807) is 11.3 Å². The normalized spacial score (nSPS) is 10.7. The molecule has 3 rings (SSSR count). The average Bonchev–Trinajstić information content (AvgIpc) is 2.86. The monoisotopic (exact) mass is 282 g/mol. The lowest BCUT2D eigenvalue weighted by atomic mass is 10.1. The molecule has 0 unspecified atom stereocenters. The van der Waals surface area contributed by atoms with Crippen LogP contribution in [-0.4, -0.2) is 5.91 Å². The van der Waals surface area contributed by atoms with E-state index in [0.29, 0.717) is 16.9 Å². The van der Waals surface area contributed by atoms with E-state index in [2.05, 4.69) is 5.32 Å². The molecule has 1 aromatic heterocycles. The molecule has 0 aliphatic rings. The highest BCUT2D eigenvalue weighted by atomic mass is 32.1. The summed E-state index contributed by atoms with van der Waals surface area (Å²) in [5, 5.41) is 5.73. The second-order valence-corrected chi connectivity index (χ2v) is 5.60. The molecule has 2 aromatic carbocycles. The first-order valence-electron chi connectivity index (χ1n) is 6.29. The Kier molecular flexibility index (Phi) is 3.16. The lowest BCUT2D eigenvalue weighted by molar-refractivity contribution is 0.102. The van der Waals surface area contributed by atoms with Gasteiger partial charge in [0.15, 0.2) is 0 Å². The Morgan fingerprint density at radius 1 is 1.20 bits per heavy atom. The van der Waals surface area contributed by atoms with Crippen molar-refractivity contribution in [1.29, 1.82) is 0 Å². The van der Waals surface area contributed by atoms with Crippen LogP contribution in [0.15, 0.2) is 47.8 Å². The van der Waals surface area contributed by atoms with Gasteiger partial charge in [-0.1, -0.05) is 24.3 Å². The standard InChI is InChI=1S/C16H14N2OS/c1-10-6-7-14(13(17)8-10)18-16(19)12-9-20-15-5-3-2-4-11(12)15/h2-9H,17H2,1H3,(H,18,19). The first kappa shape index (κ1) is 12.7. The van der Waals surface area contributed by atoms with Gasteiger partial charge in [-0.2, -0.15) is 0 Å². The van der Waals surface area contributed by atoms with Gasteiger partial charge in [0.25, 0.3) is 5.91 Å². The first-order chi connectivity index (χ1) is 9.65. The van der Waals surface area contributed by atoms with Crippen molar-refractivity contribution in [2.24, 2.45) is 0 Å². The quantitative estimate of drug-likeness (QED) is 0.697. The molecule has 0 atom stereocenters. The van der Waals surface area contributed by atoms with Gasteiger partial charge in [-0.15, -0.1) is 11.3 Å². The fraction of sp³-hybridized carbons (Fsp3) is 0.0625. The molecule has 0 aliphatic heterocycles. The van der Waals surface area contributed by atoms with Crippen molar-refractivity contribution in [3.05, 3.63) is 59.0 Å². The van der Waals surface area contributed by atoms with E-state index in [1.165, 1.54) is 0 Å². The number of carbonyl (C=O) groups is 1. The van der Waals surface area contributed by atoms with Gasteiger partial charge in [-0.3, -0.25) is 4.79 Å². The Labute approximate surface area is 121 Å². The number of rotatable bonds is 2. The second-order valence-electron chi connectivity index (χ2n) is 4.69. The lowest BCUT2D eigenvalue weighted by Gasteiger charge is -2.08. The maximum absolute atomic E-state index is 12.4. The molecular weight excluding hydrogens is 268 g/mol. The number of fused-ring (bicyclic) bond motifs is 1. The summed E-state index contributed by atoms with van der Waals surface area (Å²) in [6.45, 7) is 1.97. The van der Waals surface area contributed by atoms with Gasteiger partial charge < -0.3 is 11.1 Å². The number of nitrogens with one attached hydrogen (secondary N) is 1. The number of carbonyl (C=O) groups excluding carboxylic acids is 1. The van der Waals surface area contributed by atoms with Crippen LogP contribution in [0.4, 0.5) is 11.4 Å². The Bertz CT molecular complexity index is 792. The average molecular weight is 282 g/mol. The van der Waals surface area contributed by atoms with Crippen molar-refractivity contribution >= 4 is 38.7 Å². The molecule has 0 spiro atoms. The minimum absolute atomic E-state index is 0.127. The molecule has 0 radical (unpaired) electrons. The lowest BCUT2D eigenvalue weighted by Crippen LogP contribution is -2.12. The Morgan fingerprint density at radius 3 is 2.80 bits per heavy atom. The maximum Gasteiger partial charge on any atom is 0.257 e. The summed E-state index contributed by atoms with van der Waals surface area (Å²) in [4.78, 5) is 12.4. The molecule has 4 heteroatoms. The van der Waals surface area contributed by atoms with Crippen LogP contribution < -0.4 is 11.1 Å². The highest BCUT2D eigenvalue weighted by molar-refractivity contribution is 7.17. The van der Waals surface area contributed by atoms with Crippen LogP contribution >= 0.6 is 11.3 Å². The van der Waals surface area contributed by atoms with Crippen LogP contribution in [0.2, 0.25) is 0 Å². The number of benzene rings is 2. The number of nitrogen functional groups attached to an aromatic ring is 1. The molecule has 3 N–H and O–H groups in total. The number of hydrogen-bond donors (Lipinski definition) is 2. The van der Waals surface area contributed by atoms with Crippen LogP contribution in [0.25, 0.3) is 10.1 Å². The molecule has 0 fully saturated rings. The Morgan fingerprint density at radius 2 is 2.00 bits per heavy atom. The molecule has 3 aromatic rings. The highest BCUT2D eigenvalue weighted by Gasteiger charge is 2.13. The fourth-order valence-electron chi connectivity index (χ4n) is 2.14. The van der Waals surface area contributed by atoms with Crippen LogP contribution in [0, 0.1) is 6.92 Å². The predicted molar refractivity (Wildman–Crippen MR) is 85.4 cm³/mol. The summed E-state index contributed by atoms with van der Waals surface area (Å²) < 4.78 is 1.11. The van der Waals surface area contributed by atoms with E-state index in [9.17, 15) is 4.79 Å². The van der Waals surface area contributed by atoms with Crippen molar-refractivity contribution in [3.63, 3.8) is 0 Å². The van der Waals surface area contributed by atoms with Crippen molar-refractivity contribution in [3.8, 4) is 0 Å². The number of amides is 1. The molecular formula is C16H14N2OS. The number of aryl methyl sites for hydroxylation is 1. The van der Waals surface area contributed by atoms with Crippen LogP contribution in [0.5, 0.6) is 0 Å². The summed E-state index contributed by atoms with van der Waals surface area (Å²) in [5.41, 5.74) is 8.91. The van der Waals surface area contributed by atoms with E-state index >= 15 is 0 Å². The predicted octanol–water partition coefficient (Wildman–Crippen LogP) is 4.04.